The minimum Gasteiger partial charge on any atom is -0.469 e. The zero-order valence-electron chi connectivity index (χ0n) is 10.7. The molecule has 1 aromatic carbocycles. The topological polar surface area (TPSA) is 78.1 Å². The largest absolute Gasteiger partial charge is 0.469 e. The minimum atomic E-state index is 0.471. The third-order valence-electron chi connectivity index (χ3n) is 3.04. The van der Waals surface area contributed by atoms with Crippen molar-refractivity contribution in [2.45, 2.75) is 13.8 Å². The van der Waals surface area contributed by atoms with Gasteiger partial charge in [-0.15, -0.1) is 0 Å². The Balaban J connectivity index is 2.01. The van der Waals surface area contributed by atoms with Crippen molar-refractivity contribution in [3.8, 4) is 22.8 Å². The molecule has 3 aromatic rings. The Morgan fingerprint density at radius 1 is 1.16 bits per heavy atom. The number of hydrogen-bond donors (Lipinski definition) is 1. The summed E-state index contributed by atoms with van der Waals surface area (Å²) < 4.78 is 10.5. The summed E-state index contributed by atoms with van der Waals surface area (Å²) in [6.45, 7) is 3.80. The van der Waals surface area contributed by atoms with Gasteiger partial charge in [-0.05, 0) is 43.7 Å². The van der Waals surface area contributed by atoms with E-state index >= 15 is 0 Å². The van der Waals surface area contributed by atoms with E-state index in [9.17, 15) is 0 Å². The van der Waals surface area contributed by atoms with Gasteiger partial charge in [0.05, 0.1) is 11.8 Å². The number of nitrogens with zero attached hydrogens (tertiary/aromatic N) is 2. The van der Waals surface area contributed by atoms with E-state index in [0.717, 1.165) is 28.1 Å². The van der Waals surface area contributed by atoms with Gasteiger partial charge in [0.25, 0.3) is 5.89 Å². The molecule has 0 atom stereocenters. The number of aromatic nitrogens is 2. The molecule has 0 aliphatic rings. The van der Waals surface area contributed by atoms with Gasteiger partial charge >= 0.3 is 0 Å². The van der Waals surface area contributed by atoms with Gasteiger partial charge in [-0.3, -0.25) is 0 Å². The first-order chi connectivity index (χ1) is 9.15. The van der Waals surface area contributed by atoms with Gasteiger partial charge in [0, 0.05) is 11.3 Å². The van der Waals surface area contributed by atoms with Crippen molar-refractivity contribution in [1.29, 1.82) is 0 Å². The molecule has 5 nitrogen and oxygen atoms in total. The second-order valence-corrected chi connectivity index (χ2v) is 4.38. The average Bonchev–Trinajstić information content (AvgIpc) is 3.01. The van der Waals surface area contributed by atoms with Crippen molar-refractivity contribution in [1.82, 2.24) is 10.1 Å². The van der Waals surface area contributed by atoms with Crippen LogP contribution in [0.4, 0.5) is 5.69 Å². The minimum absolute atomic E-state index is 0.471. The van der Waals surface area contributed by atoms with Gasteiger partial charge in [-0.25, -0.2) is 0 Å². The molecular formula is C14H13N3O2. The van der Waals surface area contributed by atoms with E-state index in [1.165, 1.54) is 0 Å². The van der Waals surface area contributed by atoms with E-state index in [4.69, 9.17) is 14.7 Å². The third-order valence-corrected chi connectivity index (χ3v) is 3.04. The summed E-state index contributed by atoms with van der Waals surface area (Å²) in [7, 11) is 0. The molecule has 0 spiro atoms. The smallest absolute Gasteiger partial charge is 0.258 e. The summed E-state index contributed by atoms with van der Waals surface area (Å²) in [5.74, 6) is 1.76. The number of rotatable bonds is 2. The summed E-state index contributed by atoms with van der Waals surface area (Å²) >= 11 is 0. The number of nitrogen functional groups attached to an aromatic ring is 1. The average molecular weight is 255 g/mol. The molecule has 96 valence electrons. The lowest BCUT2D eigenvalue weighted by atomic mass is 10.1. The van der Waals surface area contributed by atoms with Crippen LogP contribution in [0.1, 0.15) is 11.3 Å². The summed E-state index contributed by atoms with van der Waals surface area (Å²) in [5.41, 5.74) is 9.21. The molecule has 0 unspecified atom stereocenters. The molecule has 3 rings (SSSR count). The number of nitrogens with two attached hydrogens (primary N) is 1. The molecule has 0 saturated carbocycles. The number of furan rings is 1. The van der Waals surface area contributed by atoms with Gasteiger partial charge < -0.3 is 14.7 Å². The first-order valence-electron chi connectivity index (χ1n) is 5.90. The molecule has 2 heterocycles. The molecule has 2 N–H and O–H groups in total. The Hall–Kier alpha value is -2.56. The molecular weight excluding hydrogens is 242 g/mol. The quantitative estimate of drug-likeness (QED) is 0.711. The number of benzene rings is 1. The third kappa shape index (κ3) is 1.99. The summed E-state index contributed by atoms with van der Waals surface area (Å²) in [6.07, 6.45) is 1.61. The fourth-order valence-corrected chi connectivity index (χ4v) is 1.88. The van der Waals surface area contributed by atoms with Gasteiger partial charge in [0.15, 0.2) is 0 Å². The van der Waals surface area contributed by atoms with Crippen LogP contribution < -0.4 is 5.73 Å². The van der Waals surface area contributed by atoms with Crippen LogP contribution in [0.5, 0.6) is 0 Å². The number of hydrogen-bond acceptors (Lipinski definition) is 5. The van der Waals surface area contributed by atoms with Crippen molar-refractivity contribution in [2.75, 3.05) is 5.73 Å². The van der Waals surface area contributed by atoms with Crippen LogP contribution in [-0.4, -0.2) is 10.1 Å². The lowest BCUT2D eigenvalue weighted by Crippen LogP contribution is -1.89. The van der Waals surface area contributed by atoms with Gasteiger partial charge in [-0.1, -0.05) is 5.16 Å². The number of anilines is 1. The fourth-order valence-electron chi connectivity index (χ4n) is 1.88. The summed E-state index contributed by atoms with van der Waals surface area (Å²) in [5, 5.41) is 3.97. The van der Waals surface area contributed by atoms with Crippen molar-refractivity contribution in [2.24, 2.45) is 0 Å². The monoisotopic (exact) mass is 255 g/mol. The lowest BCUT2D eigenvalue weighted by molar-refractivity contribution is 0.432. The van der Waals surface area contributed by atoms with Crippen LogP contribution in [0.3, 0.4) is 0 Å². The maximum atomic E-state index is 5.79. The zero-order chi connectivity index (χ0) is 13.4. The summed E-state index contributed by atoms with van der Waals surface area (Å²) in [6, 6.07) is 7.44. The van der Waals surface area contributed by atoms with Crippen molar-refractivity contribution >= 4 is 5.69 Å². The SMILES string of the molecule is Cc1cc(-c2nc(-c3ccoc3C)no2)ccc1N. The molecule has 0 aliphatic carbocycles. The maximum absolute atomic E-state index is 5.79. The second kappa shape index (κ2) is 4.28. The van der Waals surface area contributed by atoms with Crippen LogP contribution in [-0.2, 0) is 0 Å². The predicted octanol–water partition coefficient (Wildman–Crippen LogP) is 3.20. The van der Waals surface area contributed by atoms with Crippen molar-refractivity contribution < 1.29 is 8.94 Å². The molecule has 5 heteroatoms. The van der Waals surface area contributed by atoms with E-state index in [2.05, 4.69) is 10.1 Å². The molecule has 0 radical (unpaired) electrons. The molecule has 0 fully saturated rings. The predicted molar refractivity (Wildman–Crippen MR) is 71.3 cm³/mol. The first-order valence-corrected chi connectivity index (χ1v) is 5.90. The van der Waals surface area contributed by atoms with Gasteiger partial charge in [0.2, 0.25) is 5.82 Å². The Bertz CT molecular complexity index is 728. The van der Waals surface area contributed by atoms with Gasteiger partial charge in [-0.2, -0.15) is 4.98 Å². The van der Waals surface area contributed by atoms with Gasteiger partial charge in [0.1, 0.15) is 5.76 Å². The standard InChI is InChI=1S/C14H13N3O2/c1-8-7-10(3-4-12(8)15)14-16-13(17-19-14)11-5-6-18-9(11)2/h3-7H,15H2,1-2H3. The normalized spacial score (nSPS) is 10.8. The van der Waals surface area contributed by atoms with E-state index < -0.39 is 0 Å². The second-order valence-electron chi connectivity index (χ2n) is 4.38. The highest BCUT2D eigenvalue weighted by Gasteiger charge is 2.14. The van der Waals surface area contributed by atoms with E-state index in [-0.39, 0.29) is 0 Å². The van der Waals surface area contributed by atoms with E-state index in [1.807, 2.05) is 38.1 Å². The molecule has 19 heavy (non-hydrogen) atoms. The first kappa shape index (κ1) is 11.5. The Morgan fingerprint density at radius 2 is 2.00 bits per heavy atom. The highest BCUT2D eigenvalue weighted by atomic mass is 16.5. The Kier molecular flexibility index (Phi) is 2.59. The van der Waals surface area contributed by atoms with Crippen LogP contribution in [0.15, 0.2) is 39.5 Å². The van der Waals surface area contributed by atoms with Crippen LogP contribution in [0.25, 0.3) is 22.8 Å². The van der Waals surface area contributed by atoms with Crippen LogP contribution in [0, 0.1) is 13.8 Å². The molecule has 2 aromatic heterocycles. The lowest BCUT2D eigenvalue weighted by Gasteiger charge is -2.00. The summed E-state index contributed by atoms with van der Waals surface area (Å²) in [4.78, 5) is 4.38. The molecule has 0 aliphatic heterocycles. The fraction of sp³-hybridized carbons (Fsp3) is 0.143. The Labute approximate surface area is 110 Å². The molecule has 0 bridgehead atoms. The van der Waals surface area contributed by atoms with E-state index in [1.54, 1.807) is 6.26 Å². The Morgan fingerprint density at radius 3 is 2.68 bits per heavy atom. The van der Waals surface area contributed by atoms with Crippen LogP contribution >= 0.6 is 0 Å². The zero-order valence-corrected chi connectivity index (χ0v) is 10.7. The maximum Gasteiger partial charge on any atom is 0.258 e. The van der Waals surface area contributed by atoms with Crippen LogP contribution in [0.2, 0.25) is 0 Å². The highest BCUT2D eigenvalue weighted by Crippen LogP contribution is 2.26. The number of aryl methyl sites for hydroxylation is 2. The van der Waals surface area contributed by atoms with Crippen molar-refractivity contribution in [3.05, 3.63) is 41.9 Å². The van der Waals surface area contributed by atoms with E-state index in [0.29, 0.717) is 11.7 Å². The molecule has 0 amide bonds. The molecule has 0 saturated heterocycles. The van der Waals surface area contributed by atoms with Crippen molar-refractivity contribution in [3.63, 3.8) is 0 Å². The highest BCUT2D eigenvalue weighted by molar-refractivity contribution is 5.64.